The van der Waals surface area contributed by atoms with Gasteiger partial charge in [0.1, 0.15) is 10.7 Å². The minimum Gasteiger partial charge on any atom is -0.496 e. The first-order chi connectivity index (χ1) is 10.6. The van der Waals surface area contributed by atoms with Crippen LogP contribution in [0.2, 0.25) is 0 Å². The summed E-state index contributed by atoms with van der Waals surface area (Å²) in [5, 5.41) is 5.63. The molecule has 0 spiro atoms. The third-order valence-corrected chi connectivity index (χ3v) is 4.22. The van der Waals surface area contributed by atoms with Gasteiger partial charge in [-0.2, -0.15) is 0 Å². The Labute approximate surface area is 134 Å². The van der Waals surface area contributed by atoms with Crippen molar-refractivity contribution in [2.45, 2.75) is 20.3 Å². The SMILES string of the molecule is CCCNC(=O)c1cccc(NC(=O)C2=C(C)OCCS2)c1. The van der Waals surface area contributed by atoms with Crippen molar-refractivity contribution in [1.29, 1.82) is 0 Å². The van der Waals surface area contributed by atoms with E-state index in [2.05, 4.69) is 10.6 Å². The van der Waals surface area contributed by atoms with Crippen molar-refractivity contribution in [2.75, 3.05) is 24.2 Å². The lowest BCUT2D eigenvalue weighted by atomic mass is 10.2. The van der Waals surface area contributed by atoms with Crippen molar-refractivity contribution in [3.8, 4) is 0 Å². The molecule has 2 amide bonds. The molecule has 1 aromatic rings. The van der Waals surface area contributed by atoms with E-state index in [1.807, 2.05) is 6.92 Å². The minimum atomic E-state index is -0.201. The first-order valence-electron chi connectivity index (χ1n) is 7.28. The number of allylic oxidation sites excluding steroid dienone is 1. The molecule has 0 unspecified atom stereocenters. The van der Waals surface area contributed by atoms with Gasteiger partial charge in [0.25, 0.3) is 11.8 Å². The van der Waals surface area contributed by atoms with Gasteiger partial charge in [-0.25, -0.2) is 0 Å². The summed E-state index contributed by atoms with van der Waals surface area (Å²) in [7, 11) is 0. The molecule has 5 nitrogen and oxygen atoms in total. The summed E-state index contributed by atoms with van der Waals surface area (Å²) in [6, 6.07) is 6.91. The second-order valence-electron chi connectivity index (χ2n) is 4.87. The lowest BCUT2D eigenvalue weighted by Crippen LogP contribution is -2.24. The molecule has 0 radical (unpaired) electrons. The monoisotopic (exact) mass is 320 g/mol. The van der Waals surface area contributed by atoms with Crippen LogP contribution in [-0.2, 0) is 9.53 Å². The van der Waals surface area contributed by atoms with Crippen molar-refractivity contribution < 1.29 is 14.3 Å². The van der Waals surface area contributed by atoms with Crippen LogP contribution in [0.25, 0.3) is 0 Å². The van der Waals surface area contributed by atoms with Crippen LogP contribution in [0.5, 0.6) is 0 Å². The highest BCUT2D eigenvalue weighted by atomic mass is 32.2. The fraction of sp³-hybridized carbons (Fsp3) is 0.375. The lowest BCUT2D eigenvalue weighted by molar-refractivity contribution is -0.112. The van der Waals surface area contributed by atoms with Crippen molar-refractivity contribution in [3.05, 3.63) is 40.5 Å². The Hall–Kier alpha value is -1.95. The number of hydrogen-bond donors (Lipinski definition) is 2. The van der Waals surface area contributed by atoms with E-state index in [9.17, 15) is 9.59 Å². The number of thioether (sulfide) groups is 1. The van der Waals surface area contributed by atoms with Crippen LogP contribution in [0.3, 0.4) is 0 Å². The number of carbonyl (C=O) groups excluding carboxylic acids is 2. The number of nitrogens with one attached hydrogen (secondary N) is 2. The predicted molar refractivity (Wildman–Crippen MR) is 88.8 cm³/mol. The van der Waals surface area contributed by atoms with Gasteiger partial charge in [0.2, 0.25) is 0 Å². The Morgan fingerprint density at radius 3 is 2.86 bits per heavy atom. The summed E-state index contributed by atoms with van der Waals surface area (Å²) >= 11 is 1.48. The second kappa shape index (κ2) is 7.89. The Morgan fingerprint density at radius 1 is 1.32 bits per heavy atom. The van der Waals surface area contributed by atoms with Crippen molar-refractivity contribution >= 4 is 29.3 Å². The first-order valence-corrected chi connectivity index (χ1v) is 8.26. The number of amides is 2. The van der Waals surface area contributed by atoms with E-state index in [-0.39, 0.29) is 11.8 Å². The van der Waals surface area contributed by atoms with Crippen molar-refractivity contribution in [1.82, 2.24) is 5.32 Å². The average molecular weight is 320 g/mol. The molecule has 118 valence electrons. The van der Waals surface area contributed by atoms with Crippen LogP contribution >= 0.6 is 11.8 Å². The normalized spacial score (nSPS) is 14.3. The van der Waals surface area contributed by atoms with Crippen LogP contribution in [0, 0.1) is 0 Å². The molecule has 0 aromatic heterocycles. The number of hydrogen-bond acceptors (Lipinski definition) is 4. The maximum atomic E-state index is 12.3. The van der Waals surface area contributed by atoms with Crippen molar-refractivity contribution in [2.24, 2.45) is 0 Å². The van der Waals surface area contributed by atoms with Gasteiger partial charge in [0, 0.05) is 23.5 Å². The van der Waals surface area contributed by atoms with Crippen LogP contribution in [0.4, 0.5) is 5.69 Å². The summed E-state index contributed by atoms with van der Waals surface area (Å²) < 4.78 is 5.39. The molecular weight excluding hydrogens is 300 g/mol. The summed E-state index contributed by atoms with van der Waals surface area (Å²) in [5.74, 6) is 1.07. The highest BCUT2D eigenvalue weighted by molar-refractivity contribution is 8.04. The summed E-state index contributed by atoms with van der Waals surface area (Å²) in [5.41, 5.74) is 1.13. The lowest BCUT2D eigenvalue weighted by Gasteiger charge is -2.17. The summed E-state index contributed by atoms with van der Waals surface area (Å²) in [6.45, 7) is 5.04. The maximum absolute atomic E-state index is 12.3. The Bertz CT molecular complexity index is 599. The Kier molecular flexibility index (Phi) is 5.89. The zero-order valence-electron chi connectivity index (χ0n) is 12.8. The van der Waals surface area contributed by atoms with E-state index in [1.165, 1.54) is 11.8 Å². The van der Waals surface area contributed by atoms with Gasteiger partial charge in [0.05, 0.1) is 6.61 Å². The third-order valence-electron chi connectivity index (χ3n) is 3.09. The molecule has 1 aliphatic heterocycles. The van der Waals surface area contributed by atoms with Crippen LogP contribution < -0.4 is 10.6 Å². The second-order valence-corrected chi connectivity index (χ2v) is 5.98. The van der Waals surface area contributed by atoms with Gasteiger partial charge in [-0.15, -0.1) is 11.8 Å². The topological polar surface area (TPSA) is 67.4 Å². The van der Waals surface area contributed by atoms with Gasteiger partial charge < -0.3 is 15.4 Å². The highest BCUT2D eigenvalue weighted by Gasteiger charge is 2.19. The number of benzene rings is 1. The fourth-order valence-corrected chi connectivity index (χ4v) is 2.81. The molecule has 2 N–H and O–H groups in total. The maximum Gasteiger partial charge on any atom is 0.265 e. The standard InChI is InChI=1S/C16H20N2O3S/c1-3-7-17-15(19)12-5-4-6-13(10-12)18-16(20)14-11(2)21-8-9-22-14/h4-6,10H,3,7-9H2,1-2H3,(H,17,19)(H,18,20). The van der Waals surface area contributed by atoms with E-state index in [1.54, 1.807) is 31.2 Å². The molecule has 22 heavy (non-hydrogen) atoms. The van der Waals surface area contributed by atoms with Gasteiger partial charge in [0.15, 0.2) is 0 Å². The van der Waals surface area contributed by atoms with E-state index in [0.717, 1.165) is 12.2 Å². The van der Waals surface area contributed by atoms with E-state index in [4.69, 9.17) is 4.74 Å². The van der Waals surface area contributed by atoms with Crippen LogP contribution in [0.1, 0.15) is 30.6 Å². The molecule has 0 saturated carbocycles. The van der Waals surface area contributed by atoms with Crippen LogP contribution in [-0.4, -0.2) is 30.7 Å². The largest absolute Gasteiger partial charge is 0.496 e. The zero-order chi connectivity index (χ0) is 15.9. The van der Waals surface area contributed by atoms with E-state index in [0.29, 0.717) is 35.1 Å². The van der Waals surface area contributed by atoms with Gasteiger partial charge >= 0.3 is 0 Å². The molecule has 0 aliphatic carbocycles. The molecule has 1 heterocycles. The zero-order valence-corrected chi connectivity index (χ0v) is 13.6. The van der Waals surface area contributed by atoms with Crippen molar-refractivity contribution in [3.63, 3.8) is 0 Å². The van der Waals surface area contributed by atoms with Gasteiger partial charge in [-0.05, 0) is 31.5 Å². The molecule has 0 fully saturated rings. The molecule has 1 aromatic carbocycles. The van der Waals surface area contributed by atoms with Gasteiger partial charge in [-0.1, -0.05) is 13.0 Å². The summed E-state index contributed by atoms with van der Waals surface area (Å²) in [6.07, 6.45) is 0.882. The quantitative estimate of drug-likeness (QED) is 0.875. The molecule has 0 bridgehead atoms. The molecule has 2 rings (SSSR count). The Balaban J connectivity index is 2.07. The predicted octanol–water partition coefficient (Wildman–Crippen LogP) is 2.76. The summed E-state index contributed by atoms with van der Waals surface area (Å²) in [4.78, 5) is 24.8. The molecule has 0 atom stereocenters. The minimum absolute atomic E-state index is 0.135. The number of rotatable bonds is 5. The smallest absolute Gasteiger partial charge is 0.265 e. The Morgan fingerprint density at radius 2 is 2.14 bits per heavy atom. The third kappa shape index (κ3) is 4.27. The average Bonchev–Trinajstić information content (AvgIpc) is 2.53. The molecule has 1 aliphatic rings. The first kappa shape index (κ1) is 16.4. The number of ether oxygens (including phenoxy) is 1. The highest BCUT2D eigenvalue weighted by Crippen LogP contribution is 2.26. The number of anilines is 1. The van der Waals surface area contributed by atoms with E-state index < -0.39 is 0 Å². The van der Waals surface area contributed by atoms with E-state index >= 15 is 0 Å². The van der Waals surface area contributed by atoms with Gasteiger partial charge in [-0.3, -0.25) is 9.59 Å². The number of carbonyl (C=O) groups is 2. The molecular formula is C16H20N2O3S. The molecule has 6 heteroatoms. The fourth-order valence-electron chi connectivity index (χ4n) is 2.00. The molecule has 0 saturated heterocycles. The van der Waals surface area contributed by atoms with Crippen LogP contribution in [0.15, 0.2) is 34.9 Å².